The highest BCUT2D eigenvalue weighted by Crippen LogP contribution is 2.35. The highest BCUT2D eigenvalue weighted by atomic mass is 16.5. The number of hydrogen-bond donors (Lipinski definition) is 2. The van der Waals surface area contributed by atoms with Gasteiger partial charge in [-0.15, -0.1) is 0 Å². The molecule has 0 spiro atoms. The number of unbranched alkanes of at least 4 members (excludes halogenated alkanes) is 4. The van der Waals surface area contributed by atoms with Crippen LogP contribution in [0.5, 0.6) is 5.75 Å². The van der Waals surface area contributed by atoms with Crippen LogP contribution >= 0.6 is 0 Å². The zero-order valence-electron chi connectivity index (χ0n) is 26.2. The molecule has 0 heterocycles. The number of nitrogens with one attached hydrogen (secondary N) is 1. The van der Waals surface area contributed by atoms with Gasteiger partial charge in [0.25, 0.3) is 0 Å². The fourth-order valence-electron chi connectivity index (χ4n) is 4.30. The van der Waals surface area contributed by atoms with Gasteiger partial charge >= 0.3 is 0 Å². The van der Waals surface area contributed by atoms with Gasteiger partial charge in [-0.1, -0.05) is 37.1 Å². The van der Waals surface area contributed by atoms with E-state index < -0.39 is 18.2 Å². The van der Waals surface area contributed by atoms with E-state index in [0.717, 1.165) is 58.2 Å². The van der Waals surface area contributed by atoms with Crippen molar-refractivity contribution in [1.29, 1.82) is 0 Å². The Bertz CT molecular complexity index is 1030. The minimum Gasteiger partial charge on any atom is -0.496 e. The first-order valence-corrected chi connectivity index (χ1v) is 13.2. The zero-order valence-corrected chi connectivity index (χ0v) is 23.2. The van der Waals surface area contributed by atoms with Crippen LogP contribution in [0.3, 0.4) is 0 Å². The van der Waals surface area contributed by atoms with Gasteiger partial charge in [0.15, 0.2) is 0 Å². The lowest BCUT2D eigenvalue weighted by atomic mass is 9.91. The van der Waals surface area contributed by atoms with E-state index in [9.17, 15) is 5.11 Å². The van der Waals surface area contributed by atoms with Crippen LogP contribution in [0.4, 0.5) is 0 Å². The largest absolute Gasteiger partial charge is 0.496 e. The first kappa shape index (κ1) is 25.7. The van der Waals surface area contributed by atoms with Crippen molar-refractivity contribution in [2.75, 3.05) is 40.5 Å². The number of benzene rings is 2. The average molecular weight is 503 g/mol. The van der Waals surface area contributed by atoms with E-state index >= 15 is 0 Å². The molecule has 36 heavy (non-hydrogen) atoms. The smallest absolute Gasteiger partial charge is 0.127 e. The third-order valence-corrected chi connectivity index (χ3v) is 6.39. The monoisotopic (exact) mass is 502 g/mol. The van der Waals surface area contributed by atoms with Gasteiger partial charge in [-0.2, -0.15) is 0 Å². The highest BCUT2D eigenvalue weighted by Gasteiger charge is 2.25. The van der Waals surface area contributed by atoms with Crippen LogP contribution in [-0.4, -0.2) is 45.6 Å². The summed E-state index contributed by atoms with van der Waals surface area (Å²) in [5.41, 5.74) is 3.04. The van der Waals surface area contributed by atoms with Gasteiger partial charge in [-0.05, 0) is 101 Å². The topological polar surface area (TPSA) is 60.0 Å². The Hall–Kier alpha value is -1.92. The van der Waals surface area contributed by atoms with Crippen LogP contribution in [0.25, 0.3) is 0 Å². The maximum atomic E-state index is 10.7. The van der Waals surface area contributed by atoms with Crippen molar-refractivity contribution in [3.05, 3.63) is 64.2 Å². The molecule has 0 amide bonds. The second-order valence-corrected chi connectivity index (χ2v) is 9.93. The lowest BCUT2D eigenvalue weighted by Crippen LogP contribution is -2.25. The summed E-state index contributed by atoms with van der Waals surface area (Å²) in [4.78, 5) is 0. The van der Waals surface area contributed by atoms with Gasteiger partial charge in [0.05, 0.1) is 20.2 Å². The SMILES string of the molecule is [2H]C([2H])(NCCCCCCOCCCCc1ccccc1C)C([2H])(OC)c1cc(C)c(OC)c(C(C)(C)O)c1. The molecule has 2 aromatic carbocycles. The summed E-state index contributed by atoms with van der Waals surface area (Å²) >= 11 is 0. The molecule has 0 bridgehead atoms. The predicted octanol–water partition coefficient (Wildman–Crippen LogP) is 6.42. The average Bonchev–Trinajstić information content (AvgIpc) is 2.88. The molecule has 0 saturated heterocycles. The number of hydrogen-bond acceptors (Lipinski definition) is 5. The van der Waals surface area contributed by atoms with E-state index in [0.29, 0.717) is 29.0 Å². The van der Waals surface area contributed by atoms with Gasteiger partial charge in [0.1, 0.15) is 5.75 Å². The van der Waals surface area contributed by atoms with E-state index in [4.69, 9.17) is 18.3 Å². The molecule has 0 aliphatic carbocycles. The Morgan fingerprint density at radius 2 is 1.67 bits per heavy atom. The van der Waals surface area contributed by atoms with Crippen molar-refractivity contribution in [3.8, 4) is 5.75 Å². The highest BCUT2D eigenvalue weighted by molar-refractivity contribution is 5.47. The Labute approximate surface area is 223 Å². The molecule has 1 atom stereocenters. The summed E-state index contributed by atoms with van der Waals surface area (Å²) in [5.74, 6) is 0.518. The number of aliphatic hydroxyl groups is 1. The summed E-state index contributed by atoms with van der Waals surface area (Å²) in [6, 6.07) is 11.8. The van der Waals surface area contributed by atoms with Crippen LogP contribution in [0.2, 0.25) is 0 Å². The van der Waals surface area contributed by atoms with Crippen LogP contribution in [0, 0.1) is 13.8 Å². The van der Waals surface area contributed by atoms with Gasteiger partial charge in [0, 0.05) is 35.1 Å². The number of ether oxygens (including phenoxy) is 3. The number of rotatable bonds is 18. The van der Waals surface area contributed by atoms with Crippen molar-refractivity contribution < 1.29 is 23.4 Å². The van der Waals surface area contributed by atoms with Gasteiger partial charge < -0.3 is 24.6 Å². The summed E-state index contributed by atoms with van der Waals surface area (Å²) < 4.78 is 42.9. The van der Waals surface area contributed by atoms with Crippen LogP contribution in [0.1, 0.15) is 90.4 Å². The summed E-state index contributed by atoms with van der Waals surface area (Å²) in [5, 5.41) is 13.6. The Morgan fingerprint density at radius 1 is 0.972 bits per heavy atom. The van der Waals surface area contributed by atoms with Crippen molar-refractivity contribution in [2.24, 2.45) is 0 Å². The molecule has 2 aromatic rings. The Morgan fingerprint density at radius 3 is 2.33 bits per heavy atom. The van der Waals surface area contributed by atoms with Gasteiger partial charge in [-0.3, -0.25) is 0 Å². The molecule has 2 N–H and O–H groups in total. The molecule has 0 aliphatic rings. The van der Waals surface area contributed by atoms with Crippen molar-refractivity contribution in [1.82, 2.24) is 5.32 Å². The predicted molar refractivity (Wildman–Crippen MR) is 149 cm³/mol. The molecular weight excluding hydrogens is 450 g/mol. The first-order chi connectivity index (χ1) is 18.4. The molecule has 5 nitrogen and oxygen atoms in total. The molecule has 0 saturated carbocycles. The fraction of sp³-hybridized carbons (Fsp3) is 0.613. The molecule has 1 unspecified atom stereocenters. The maximum absolute atomic E-state index is 10.7. The van der Waals surface area contributed by atoms with E-state index in [2.05, 4.69) is 36.5 Å². The third kappa shape index (κ3) is 10.2. The third-order valence-electron chi connectivity index (χ3n) is 6.39. The standard InChI is InChI=1S/C31H49NO4/c1-24-15-9-10-16-26(24)17-11-14-20-36-19-13-8-7-12-18-32-23-29(34-5)27-21-25(2)30(35-6)28(22-27)31(3,4)33/h9-10,15-16,21-22,29,32-33H,7-8,11-14,17-20,23H2,1-6H3/i23D2,29D. The van der Waals surface area contributed by atoms with Crippen molar-refractivity contribution in [3.63, 3.8) is 0 Å². The summed E-state index contributed by atoms with van der Waals surface area (Å²) in [6.45, 7) is 7.03. The lowest BCUT2D eigenvalue weighted by Gasteiger charge is -2.25. The first-order valence-electron chi connectivity index (χ1n) is 14.7. The van der Waals surface area contributed by atoms with Crippen molar-refractivity contribution in [2.45, 2.75) is 84.3 Å². The van der Waals surface area contributed by atoms with E-state index in [-0.39, 0.29) is 0 Å². The molecular formula is C31H49NO4. The maximum Gasteiger partial charge on any atom is 0.127 e. The Kier molecular flexibility index (Phi) is 11.5. The fourth-order valence-corrected chi connectivity index (χ4v) is 4.30. The molecule has 0 aromatic heterocycles. The number of methoxy groups -OCH3 is 2. The van der Waals surface area contributed by atoms with E-state index in [1.807, 2.05) is 6.92 Å². The second kappa shape index (κ2) is 16.0. The summed E-state index contributed by atoms with van der Waals surface area (Å²) in [6.07, 6.45) is 5.00. The van der Waals surface area contributed by atoms with Gasteiger partial charge in [-0.25, -0.2) is 0 Å². The molecule has 2 rings (SSSR count). The Balaban J connectivity index is 1.74. The molecule has 0 aliphatic heterocycles. The number of aryl methyl sites for hydroxylation is 3. The molecule has 0 radical (unpaired) electrons. The minimum absolute atomic E-state index is 0.314. The van der Waals surface area contributed by atoms with E-state index in [1.54, 1.807) is 26.0 Å². The van der Waals surface area contributed by atoms with Crippen LogP contribution < -0.4 is 10.1 Å². The normalized spacial score (nSPS) is 15.1. The molecule has 5 heteroatoms. The van der Waals surface area contributed by atoms with Gasteiger partial charge in [0.2, 0.25) is 0 Å². The summed E-state index contributed by atoms with van der Waals surface area (Å²) in [7, 11) is 2.86. The van der Waals surface area contributed by atoms with Crippen molar-refractivity contribution >= 4 is 0 Å². The van der Waals surface area contributed by atoms with E-state index in [1.165, 1.54) is 25.3 Å². The molecule has 202 valence electrons. The van der Waals surface area contributed by atoms with Crippen LogP contribution in [-0.2, 0) is 21.5 Å². The minimum atomic E-state index is -2.17. The molecule has 0 fully saturated rings. The zero-order chi connectivity index (χ0) is 29.1. The lowest BCUT2D eigenvalue weighted by molar-refractivity contribution is 0.0740. The second-order valence-electron chi connectivity index (χ2n) is 9.93. The van der Waals surface area contributed by atoms with Crippen LogP contribution in [0.15, 0.2) is 36.4 Å². The quantitative estimate of drug-likeness (QED) is 0.230.